The Morgan fingerprint density at radius 1 is 1.38 bits per heavy atom. The molecule has 0 saturated heterocycles. The zero-order chi connectivity index (χ0) is 9.42. The summed E-state index contributed by atoms with van der Waals surface area (Å²) in [7, 11) is 0. The van der Waals surface area contributed by atoms with Crippen LogP contribution in [0.1, 0.15) is 33.5 Å². The molecule has 0 aromatic heterocycles. The van der Waals surface area contributed by atoms with Gasteiger partial charge in [0.1, 0.15) is 0 Å². The standard InChI is InChI=1S/C11H12O2/c1-7-9(6-12)3-2-8-4-5-10(13)11(7)8/h2-3,12H,4-6H2,1H3. The molecule has 0 heterocycles. The fraction of sp³-hybridized carbons (Fsp3) is 0.364. The number of benzene rings is 1. The first-order valence-electron chi connectivity index (χ1n) is 4.49. The van der Waals surface area contributed by atoms with Gasteiger partial charge in [0, 0.05) is 12.0 Å². The van der Waals surface area contributed by atoms with E-state index in [1.165, 1.54) is 0 Å². The Morgan fingerprint density at radius 2 is 2.15 bits per heavy atom. The largest absolute Gasteiger partial charge is 0.392 e. The van der Waals surface area contributed by atoms with Gasteiger partial charge >= 0.3 is 0 Å². The van der Waals surface area contributed by atoms with Crippen LogP contribution in [0.25, 0.3) is 0 Å². The van der Waals surface area contributed by atoms with Gasteiger partial charge in [0.2, 0.25) is 0 Å². The number of rotatable bonds is 1. The van der Waals surface area contributed by atoms with Crippen molar-refractivity contribution in [3.05, 3.63) is 34.4 Å². The predicted molar refractivity (Wildman–Crippen MR) is 49.8 cm³/mol. The first kappa shape index (κ1) is 8.45. The molecule has 0 atom stereocenters. The lowest BCUT2D eigenvalue weighted by Gasteiger charge is -2.07. The molecule has 0 amide bonds. The average Bonchev–Trinajstić information content (AvgIpc) is 2.49. The molecule has 1 aromatic carbocycles. The quantitative estimate of drug-likeness (QED) is 0.706. The summed E-state index contributed by atoms with van der Waals surface area (Å²) in [5.41, 5.74) is 3.82. The van der Waals surface area contributed by atoms with Crippen LogP contribution in [0.15, 0.2) is 12.1 Å². The highest BCUT2D eigenvalue weighted by molar-refractivity contribution is 6.01. The third-order valence-corrected chi connectivity index (χ3v) is 2.73. The molecule has 1 aliphatic carbocycles. The zero-order valence-electron chi connectivity index (χ0n) is 7.63. The monoisotopic (exact) mass is 176 g/mol. The highest BCUT2D eigenvalue weighted by atomic mass is 16.3. The smallest absolute Gasteiger partial charge is 0.163 e. The minimum atomic E-state index is 0.0202. The van der Waals surface area contributed by atoms with Crippen molar-refractivity contribution in [1.29, 1.82) is 0 Å². The van der Waals surface area contributed by atoms with E-state index >= 15 is 0 Å². The first-order chi connectivity index (χ1) is 6.24. The van der Waals surface area contributed by atoms with Gasteiger partial charge in [0.05, 0.1) is 6.61 Å². The molecular weight excluding hydrogens is 164 g/mol. The van der Waals surface area contributed by atoms with Crippen molar-refractivity contribution in [2.45, 2.75) is 26.4 Å². The fourth-order valence-electron chi connectivity index (χ4n) is 1.95. The third kappa shape index (κ3) is 1.18. The molecule has 0 unspecified atom stereocenters. The number of aliphatic hydroxyl groups is 1. The molecule has 1 aliphatic rings. The number of carbonyl (C=O) groups is 1. The van der Waals surface area contributed by atoms with Crippen molar-refractivity contribution >= 4 is 5.78 Å². The van der Waals surface area contributed by atoms with Gasteiger partial charge in [-0.05, 0) is 30.0 Å². The molecular formula is C11H12O2. The lowest BCUT2D eigenvalue weighted by Crippen LogP contribution is -1.99. The molecule has 2 heteroatoms. The van der Waals surface area contributed by atoms with E-state index in [2.05, 4.69) is 0 Å². The van der Waals surface area contributed by atoms with Crippen LogP contribution < -0.4 is 0 Å². The summed E-state index contributed by atoms with van der Waals surface area (Å²) in [4.78, 5) is 11.5. The number of hydrogen-bond acceptors (Lipinski definition) is 2. The topological polar surface area (TPSA) is 37.3 Å². The maximum Gasteiger partial charge on any atom is 0.163 e. The molecule has 2 nitrogen and oxygen atoms in total. The maximum atomic E-state index is 11.5. The van der Waals surface area contributed by atoms with Crippen molar-refractivity contribution in [3.63, 3.8) is 0 Å². The molecule has 0 fully saturated rings. The van der Waals surface area contributed by atoms with E-state index in [-0.39, 0.29) is 12.4 Å². The van der Waals surface area contributed by atoms with Crippen molar-refractivity contribution in [2.24, 2.45) is 0 Å². The number of ketones is 1. The molecule has 0 saturated carbocycles. The Kier molecular flexibility index (Phi) is 1.93. The summed E-state index contributed by atoms with van der Waals surface area (Å²) in [5, 5.41) is 9.02. The minimum Gasteiger partial charge on any atom is -0.392 e. The van der Waals surface area contributed by atoms with E-state index in [9.17, 15) is 4.79 Å². The number of Topliss-reactive ketones (excluding diaryl/α,β-unsaturated/α-hetero) is 1. The SMILES string of the molecule is Cc1c(CO)ccc2c1C(=O)CC2. The van der Waals surface area contributed by atoms with E-state index in [0.717, 1.165) is 28.7 Å². The molecule has 0 radical (unpaired) electrons. The fourth-order valence-corrected chi connectivity index (χ4v) is 1.95. The van der Waals surface area contributed by atoms with Gasteiger partial charge in [-0.15, -0.1) is 0 Å². The van der Waals surface area contributed by atoms with Gasteiger partial charge in [-0.25, -0.2) is 0 Å². The van der Waals surface area contributed by atoms with Crippen molar-refractivity contribution in [2.75, 3.05) is 0 Å². The van der Waals surface area contributed by atoms with E-state index in [0.29, 0.717) is 6.42 Å². The van der Waals surface area contributed by atoms with Crippen LogP contribution >= 0.6 is 0 Å². The molecule has 0 bridgehead atoms. The van der Waals surface area contributed by atoms with Crippen LogP contribution in [0.2, 0.25) is 0 Å². The van der Waals surface area contributed by atoms with Gasteiger partial charge in [-0.2, -0.15) is 0 Å². The van der Waals surface area contributed by atoms with E-state index < -0.39 is 0 Å². The number of carbonyl (C=O) groups excluding carboxylic acids is 1. The van der Waals surface area contributed by atoms with Crippen molar-refractivity contribution in [3.8, 4) is 0 Å². The highest BCUT2D eigenvalue weighted by Gasteiger charge is 2.22. The molecule has 0 spiro atoms. The number of hydrogen-bond donors (Lipinski definition) is 1. The molecule has 68 valence electrons. The second-order valence-corrected chi connectivity index (χ2v) is 3.47. The predicted octanol–water partition coefficient (Wildman–Crippen LogP) is 1.62. The molecule has 1 aromatic rings. The first-order valence-corrected chi connectivity index (χ1v) is 4.49. The van der Waals surface area contributed by atoms with E-state index in [4.69, 9.17) is 5.11 Å². The van der Waals surface area contributed by atoms with Gasteiger partial charge in [-0.3, -0.25) is 4.79 Å². The van der Waals surface area contributed by atoms with Crippen LogP contribution in [0, 0.1) is 6.92 Å². The molecule has 1 N–H and O–H groups in total. The molecule has 2 rings (SSSR count). The summed E-state index contributed by atoms with van der Waals surface area (Å²) in [6.45, 7) is 1.93. The Bertz CT molecular complexity index is 367. The second kappa shape index (κ2) is 2.96. The number of aryl methyl sites for hydroxylation is 1. The summed E-state index contributed by atoms with van der Waals surface area (Å²) >= 11 is 0. The Hall–Kier alpha value is -1.15. The van der Waals surface area contributed by atoms with Crippen LogP contribution in [-0.2, 0) is 13.0 Å². The highest BCUT2D eigenvalue weighted by Crippen LogP contribution is 2.27. The van der Waals surface area contributed by atoms with Gasteiger partial charge in [0.25, 0.3) is 0 Å². The van der Waals surface area contributed by atoms with Crippen LogP contribution in [0.4, 0.5) is 0 Å². The van der Waals surface area contributed by atoms with Gasteiger partial charge in [0.15, 0.2) is 5.78 Å². The van der Waals surface area contributed by atoms with Crippen LogP contribution in [0.3, 0.4) is 0 Å². The summed E-state index contributed by atoms with van der Waals surface area (Å²) in [5.74, 6) is 0.225. The normalized spacial score (nSPS) is 14.8. The van der Waals surface area contributed by atoms with Crippen LogP contribution in [0.5, 0.6) is 0 Å². The Morgan fingerprint density at radius 3 is 2.85 bits per heavy atom. The van der Waals surface area contributed by atoms with Crippen LogP contribution in [-0.4, -0.2) is 10.9 Å². The second-order valence-electron chi connectivity index (χ2n) is 3.47. The van der Waals surface area contributed by atoms with Gasteiger partial charge < -0.3 is 5.11 Å². The summed E-state index contributed by atoms with van der Waals surface area (Å²) in [6.07, 6.45) is 1.49. The third-order valence-electron chi connectivity index (χ3n) is 2.73. The maximum absolute atomic E-state index is 11.5. The number of fused-ring (bicyclic) bond motifs is 1. The van der Waals surface area contributed by atoms with E-state index in [1.807, 2.05) is 19.1 Å². The lowest BCUT2D eigenvalue weighted by molar-refractivity contribution is 0.0994. The molecule has 0 aliphatic heterocycles. The summed E-state index contributed by atoms with van der Waals surface area (Å²) in [6, 6.07) is 3.87. The van der Waals surface area contributed by atoms with Gasteiger partial charge in [-0.1, -0.05) is 12.1 Å². The average molecular weight is 176 g/mol. The van der Waals surface area contributed by atoms with Crippen molar-refractivity contribution in [1.82, 2.24) is 0 Å². The molecule has 13 heavy (non-hydrogen) atoms. The number of aliphatic hydroxyl groups excluding tert-OH is 1. The summed E-state index contributed by atoms with van der Waals surface area (Å²) < 4.78 is 0. The van der Waals surface area contributed by atoms with E-state index in [1.54, 1.807) is 0 Å². The lowest BCUT2D eigenvalue weighted by atomic mass is 9.99. The minimum absolute atomic E-state index is 0.0202. The van der Waals surface area contributed by atoms with Crippen molar-refractivity contribution < 1.29 is 9.90 Å². The Labute approximate surface area is 77.2 Å². The Balaban J connectivity index is 2.63. The zero-order valence-corrected chi connectivity index (χ0v) is 7.63.